The lowest BCUT2D eigenvalue weighted by Gasteiger charge is -2.16. The summed E-state index contributed by atoms with van der Waals surface area (Å²) in [6.07, 6.45) is 14.0. The van der Waals surface area contributed by atoms with Crippen molar-refractivity contribution in [1.82, 2.24) is 0 Å². The number of rotatable bonds is 13. The van der Waals surface area contributed by atoms with E-state index in [9.17, 15) is 4.79 Å². The van der Waals surface area contributed by atoms with Crippen LogP contribution in [0.1, 0.15) is 78.1 Å². The Morgan fingerprint density at radius 2 is 1.58 bits per heavy atom. The third-order valence-corrected chi connectivity index (χ3v) is 3.56. The number of carbonyl (C=O) groups is 1. The van der Waals surface area contributed by atoms with Gasteiger partial charge in [0.1, 0.15) is 0 Å². The number of ether oxygens (including phenoxy) is 1. The number of hydrogen-bond acceptors (Lipinski definition) is 2. The predicted molar refractivity (Wildman–Crippen MR) is 82.2 cm³/mol. The van der Waals surface area contributed by atoms with Crippen LogP contribution >= 0.6 is 0 Å². The van der Waals surface area contributed by atoms with Crippen LogP contribution in [-0.2, 0) is 9.53 Å². The Balaban J connectivity index is 3.72. The van der Waals surface area contributed by atoms with E-state index in [1.165, 1.54) is 70.3 Å². The number of unbranched alkanes of at least 4 members (excludes halogenated alkanes) is 6. The highest BCUT2D eigenvalue weighted by molar-refractivity contribution is 5.81. The summed E-state index contributed by atoms with van der Waals surface area (Å²) in [6, 6.07) is 0. The van der Waals surface area contributed by atoms with Crippen LogP contribution < -0.4 is 0 Å². The van der Waals surface area contributed by atoms with Crippen molar-refractivity contribution in [2.45, 2.75) is 78.1 Å². The minimum absolute atomic E-state index is 0.288. The van der Waals surface area contributed by atoms with E-state index in [1.807, 2.05) is 0 Å². The fourth-order valence-electron chi connectivity index (χ4n) is 2.28. The van der Waals surface area contributed by atoms with Crippen LogP contribution in [0.25, 0.3) is 0 Å². The summed E-state index contributed by atoms with van der Waals surface area (Å²) in [4.78, 5) is 11.1. The fraction of sp³-hybridized carbons (Fsp3) is 0.824. The lowest BCUT2D eigenvalue weighted by atomic mass is 9.96. The Morgan fingerprint density at radius 3 is 2.21 bits per heavy atom. The second-order valence-electron chi connectivity index (χ2n) is 5.40. The van der Waals surface area contributed by atoms with Crippen molar-refractivity contribution in [1.29, 1.82) is 0 Å². The van der Waals surface area contributed by atoms with Crippen molar-refractivity contribution in [2.75, 3.05) is 6.61 Å². The monoisotopic (exact) mass is 268 g/mol. The maximum absolute atomic E-state index is 11.1. The molecular formula is C17H32O2. The molecule has 0 heterocycles. The van der Waals surface area contributed by atoms with E-state index in [1.54, 1.807) is 0 Å². The number of carbonyl (C=O) groups excluding carboxylic acids is 1. The van der Waals surface area contributed by atoms with E-state index in [0.717, 1.165) is 0 Å². The van der Waals surface area contributed by atoms with Gasteiger partial charge in [0.2, 0.25) is 0 Å². The maximum Gasteiger partial charge on any atom is 0.330 e. The molecule has 0 saturated heterocycles. The molecule has 0 rings (SSSR count). The molecule has 2 nitrogen and oxygen atoms in total. The molecule has 19 heavy (non-hydrogen) atoms. The molecule has 0 aromatic carbocycles. The van der Waals surface area contributed by atoms with E-state index >= 15 is 0 Å². The normalized spacial score (nSPS) is 12.1. The predicted octanol–water partition coefficient (Wildman–Crippen LogP) is 5.27. The Kier molecular flexibility index (Phi) is 13.1. The lowest BCUT2D eigenvalue weighted by molar-refractivity contribution is -0.139. The zero-order chi connectivity index (χ0) is 14.3. The van der Waals surface area contributed by atoms with Gasteiger partial charge in [-0.1, -0.05) is 71.8 Å². The topological polar surface area (TPSA) is 26.3 Å². The lowest BCUT2D eigenvalue weighted by Crippen LogP contribution is -2.13. The molecule has 1 atom stereocenters. The van der Waals surface area contributed by atoms with Crippen molar-refractivity contribution in [3.8, 4) is 0 Å². The van der Waals surface area contributed by atoms with Crippen molar-refractivity contribution >= 4 is 5.97 Å². The first-order valence-electron chi connectivity index (χ1n) is 8.03. The van der Waals surface area contributed by atoms with Gasteiger partial charge in [-0.15, -0.1) is 0 Å². The molecule has 1 unspecified atom stereocenters. The number of hydrogen-bond donors (Lipinski definition) is 0. The van der Waals surface area contributed by atoms with E-state index in [2.05, 4.69) is 20.4 Å². The summed E-state index contributed by atoms with van der Waals surface area (Å²) >= 11 is 0. The number of esters is 1. The minimum Gasteiger partial charge on any atom is -0.462 e. The van der Waals surface area contributed by atoms with E-state index in [-0.39, 0.29) is 5.97 Å². The van der Waals surface area contributed by atoms with Crippen molar-refractivity contribution < 1.29 is 9.53 Å². The molecule has 0 N–H and O–H groups in total. The van der Waals surface area contributed by atoms with Gasteiger partial charge in [-0.25, -0.2) is 4.79 Å². The molecule has 0 saturated carbocycles. The summed E-state index contributed by atoms with van der Waals surface area (Å²) in [5.74, 6) is 0.250. The van der Waals surface area contributed by atoms with Gasteiger partial charge in [0.05, 0.1) is 6.61 Å². The molecule has 0 aliphatic heterocycles. The summed E-state index contributed by atoms with van der Waals surface area (Å²) in [7, 11) is 0. The zero-order valence-electron chi connectivity index (χ0n) is 13.0. The van der Waals surface area contributed by atoms with Gasteiger partial charge in [0, 0.05) is 6.08 Å². The molecule has 0 amide bonds. The van der Waals surface area contributed by atoms with Crippen molar-refractivity contribution in [2.24, 2.45) is 5.92 Å². The van der Waals surface area contributed by atoms with Gasteiger partial charge in [0.25, 0.3) is 0 Å². The van der Waals surface area contributed by atoms with Crippen LogP contribution in [0, 0.1) is 5.92 Å². The van der Waals surface area contributed by atoms with Gasteiger partial charge >= 0.3 is 5.97 Å². The Bertz CT molecular complexity index is 223. The first-order chi connectivity index (χ1) is 9.24. The highest BCUT2D eigenvalue weighted by atomic mass is 16.5. The van der Waals surface area contributed by atoms with E-state index in [0.29, 0.717) is 12.5 Å². The van der Waals surface area contributed by atoms with Crippen LogP contribution in [0.5, 0.6) is 0 Å². The fourth-order valence-corrected chi connectivity index (χ4v) is 2.28. The largest absolute Gasteiger partial charge is 0.462 e. The molecule has 0 aromatic heterocycles. The summed E-state index contributed by atoms with van der Waals surface area (Å²) in [5.41, 5.74) is 0. The van der Waals surface area contributed by atoms with Gasteiger partial charge < -0.3 is 4.74 Å². The molecule has 0 aliphatic rings. The van der Waals surface area contributed by atoms with Crippen molar-refractivity contribution in [3.05, 3.63) is 12.7 Å². The maximum atomic E-state index is 11.1. The Labute approximate surface area is 119 Å². The SMILES string of the molecule is C=CC(=O)OCC(CCCC)CCCCCCCC. The summed E-state index contributed by atoms with van der Waals surface area (Å²) in [5, 5.41) is 0. The molecule has 0 spiro atoms. The quantitative estimate of drug-likeness (QED) is 0.258. The third-order valence-electron chi connectivity index (χ3n) is 3.56. The van der Waals surface area contributed by atoms with E-state index < -0.39 is 0 Å². The highest BCUT2D eigenvalue weighted by Crippen LogP contribution is 2.18. The second-order valence-corrected chi connectivity index (χ2v) is 5.40. The molecule has 2 heteroatoms. The van der Waals surface area contributed by atoms with Crippen LogP contribution in [-0.4, -0.2) is 12.6 Å². The van der Waals surface area contributed by atoms with E-state index in [4.69, 9.17) is 4.74 Å². The van der Waals surface area contributed by atoms with Gasteiger partial charge in [-0.05, 0) is 18.8 Å². The standard InChI is InChI=1S/C17H32O2/c1-4-7-9-10-11-12-14-16(13-8-5-2)15-19-17(18)6-3/h6,16H,3-5,7-15H2,1-2H3. The highest BCUT2D eigenvalue weighted by Gasteiger charge is 2.10. The van der Waals surface area contributed by atoms with Crippen molar-refractivity contribution in [3.63, 3.8) is 0 Å². The average molecular weight is 268 g/mol. The minimum atomic E-state index is -0.288. The smallest absolute Gasteiger partial charge is 0.330 e. The zero-order valence-corrected chi connectivity index (χ0v) is 13.0. The average Bonchev–Trinajstić information content (AvgIpc) is 2.44. The summed E-state index contributed by atoms with van der Waals surface area (Å²) in [6.45, 7) is 8.45. The van der Waals surface area contributed by atoms with Gasteiger partial charge in [-0.3, -0.25) is 0 Å². The van der Waals surface area contributed by atoms with Gasteiger partial charge in [0.15, 0.2) is 0 Å². The van der Waals surface area contributed by atoms with Crippen LogP contribution in [0.4, 0.5) is 0 Å². The van der Waals surface area contributed by atoms with Gasteiger partial charge in [-0.2, -0.15) is 0 Å². The third kappa shape index (κ3) is 12.0. The van der Waals surface area contributed by atoms with Crippen LogP contribution in [0.2, 0.25) is 0 Å². The molecule has 0 fully saturated rings. The molecule has 0 aromatic rings. The molecule has 0 aliphatic carbocycles. The second kappa shape index (κ2) is 13.6. The Hall–Kier alpha value is -0.790. The first-order valence-corrected chi connectivity index (χ1v) is 8.03. The van der Waals surface area contributed by atoms with Crippen LogP contribution in [0.15, 0.2) is 12.7 Å². The summed E-state index contributed by atoms with van der Waals surface area (Å²) < 4.78 is 5.19. The first kappa shape index (κ1) is 18.2. The Morgan fingerprint density at radius 1 is 1.00 bits per heavy atom. The molecule has 0 bridgehead atoms. The van der Waals surface area contributed by atoms with Crippen LogP contribution in [0.3, 0.4) is 0 Å². The molecule has 0 radical (unpaired) electrons. The molecule has 112 valence electrons. The molecular weight excluding hydrogens is 236 g/mol.